The summed E-state index contributed by atoms with van der Waals surface area (Å²) in [4.78, 5) is 28.2. The van der Waals surface area contributed by atoms with Gasteiger partial charge in [0.1, 0.15) is 0 Å². The van der Waals surface area contributed by atoms with Crippen LogP contribution in [0.15, 0.2) is 28.5 Å². The van der Waals surface area contributed by atoms with Gasteiger partial charge in [-0.15, -0.1) is 0 Å². The fraction of sp³-hybridized carbons (Fsp3) is 0.100. The second-order valence-electron chi connectivity index (χ2n) is 3.22. The van der Waals surface area contributed by atoms with Crippen molar-refractivity contribution in [2.75, 3.05) is 0 Å². The van der Waals surface area contributed by atoms with Crippen molar-refractivity contribution >= 4 is 17.2 Å². The Morgan fingerprint density at radius 1 is 1.59 bits per heavy atom. The van der Waals surface area contributed by atoms with Crippen molar-refractivity contribution < 1.29 is 9.18 Å². The van der Waals surface area contributed by atoms with E-state index in [1.54, 1.807) is 5.38 Å². The quantitative estimate of drug-likeness (QED) is 0.798. The third kappa shape index (κ3) is 2.97. The minimum atomic E-state index is -0.707. The molecule has 0 aliphatic heterocycles. The summed E-state index contributed by atoms with van der Waals surface area (Å²) in [7, 11) is 0. The minimum absolute atomic E-state index is 0.177. The van der Waals surface area contributed by atoms with Crippen LogP contribution in [0.3, 0.4) is 0 Å². The number of H-pyrrole nitrogens is 1. The summed E-state index contributed by atoms with van der Waals surface area (Å²) in [6, 6.07) is 2.46. The van der Waals surface area contributed by atoms with Crippen molar-refractivity contribution in [1.82, 2.24) is 15.3 Å². The maximum atomic E-state index is 12.8. The molecule has 2 heterocycles. The molecule has 2 aromatic rings. The monoisotopic (exact) mass is 253 g/mol. The molecular weight excluding hydrogens is 245 g/mol. The van der Waals surface area contributed by atoms with Crippen LogP contribution >= 0.6 is 11.3 Å². The fourth-order valence-electron chi connectivity index (χ4n) is 1.22. The Labute approximate surface area is 99.3 Å². The smallest absolute Gasteiger partial charge is 0.304 e. The van der Waals surface area contributed by atoms with Gasteiger partial charge in [-0.2, -0.15) is 4.39 Å². The lowest BCUT2D eigenvalue weighted by molar-refractivity contribution is 0.0950. The molecule has 0 fully saturated rings. The normalized spacial score (nSPS) is 10.2. The van der Waals surface area contributed by atoms with Gasteiger partial charge in [0.25, 0.3) is 5.91 Å². The zero-order valence-corrected chi connectivity index (χ0v) is 9.38. The van der Waals surface area contributed by atoms with E-state index in [9.17, 15) is 14.0 Å². The van der Waals surface area contributed by atoms with Crippen LogP contribution in [0.1, 0.15) is 16.1 Å². The molecule has 0 radical (unpaired) electrons. The Morgan fingerprint density at radius 3 is 3.06 bits per heavy atom. The van der Waals surface area contributed by atoms with Gasteiger partial charge in [0, 0.05) is 28.9 Å². The van der Waals surface area contributed by atoms with Crippen LogP contribution < -0.4 is 10.2 Å². The Hall–Kier alpha value is -2.02. The van der Waals surface area contributed by atoms with E-state index in [2.05, 4.69) is 15.3 Å². The first-order valence-electron chi connectivity index (χ1n) is 4.71. The average Bonchev–Trinajstić information content (AvgIpc) is 2.72. The molecule has 2 N–H and O–H groups in total. The molecule has 0 saturated heterocycles. The number of carbonyl (C=O) groups is 1. The summed E-state index contributed by atoms with van der Waals surface area (Å²) < 4.78 is 12.8. The van der Waals surface area contributed by atoms with Gasteiger partial charge >= 0.3 is 4.87 Å². The number of nitrogens with zero attached hydrogens (tertiary/aromatic N) is 1. The number of halogens is 1. The molecule has 0 saturated carbocycles. The van der Waals surface area contributed by atoms with Crippen LogP contribution in [0.2, 0.25) is 0 Å². The number of hydrogen-bond donors (Lipinski definition) is 2. The maximum absolute atomic E-state index is 12.8. The van der Waals surface area contributed by atoms with E-state index in [-0.39, 0.29) is 17.0 Å². The van der Waals surface area contributed by atoms with E-state index in [1.165, 1.54) is 12.3 Å². The topological polar surface area (TPSA) is 74.8 Å². The molecule has 0 atom stereocenters. The molecule has 17 heavy (non-hydrogen) atoms. The first-order chi connectivity index (χ1) is 8.15. The summed E-state index contributed by atoms with van der Waals surface area (Å²) in [5, 5.41) is 4.18. The highest BCUT2D eigenvalue weighted by Gasteiger charge is 2.07. The van der Waals surface area contributed by atoms with Crippen LogP contribution in [-0.2, 0) is 6.54 Å². The fourth-order valence-corrected chi connectivity index (χ4v) is 1.80. The molecule has 88 valence electrons. The molecule has 0 aliphatic carbocycles. The van der Waals surface area contributed by atoms with Gasteiger partial charge in [-0.05, 0) is 6.07 Å². The van der Waals surface area contributed by atoms with E-state index in [1.807, 2.05) is 0 Å². The number of thiazole rings is 1. The standard InChI is InChI=1S/C10H8FN3O2S/c11-8-3-6(1-2-12-8)9(15)13-4-7-5-17-10(16)14-7/h1-3,5H,4H2,(H,13,15)(H,14,16). The molecule has 1 amide bonds. The molecule has 0 spiro atoms. The second-order valence-corrected chi connectivity index (χ2v) is 4.07. The summed E-state index contributed by atoms with van der Waals surface area (Å²) in [5.74, 6) is -1.13. The maximum Gasteiger partial charge on any atom is 0.304 e. The average molecular weight is 253 g/mol. The number of hydrogen-bond acceptors (Lipinski definition) is 4. The van der Waals surface area contributed by atoms with E-state index >= 15 is 0 Å². The zero-order valence-electron chi connectivity index (χ0n) is 8.57. The number of nitrogens with one attached hydrogen (secondary N) is 2. The summed E-state index contributed by atoms with van der Waals surface area (Å²) in [6.07, 6.45) is 1.22. The van der Waals surface area contributed by atoms with Crippen molar-refractivity contribution in [2.45, 2.75) is 6.54 Å². The predicted octanol–water partition coefficient (Wildman–Crippen LogP) is 0.901. The van der Waals surface area contributed by atoms with Crippen molar-refractivity contribution in [2.24, 2.45) is 0 Å². The first kappa shape index (κ1) is 11.5. The molecule has 0 unspecified atom stereocenters. The molecule has 5 nitrogen and oxygen atoms in total. The van der Waals surface area contributed by atoms with Crippen LogP contribution in [0.25, 0.3) is 0 Å². The summed E-state index contributed by atoms with van der Waals surface area (Å²) in [5.41, 5.74) is 0.804. The molecule has 0 bridgehead atoms. The van der Waals surface area contributed by atoms with Gasteiger partial charge < -0.3 is 10.3 Å². The van der Waals surface area contributed by atoms with Crippen LogP contribution in [0, 0.1) is 5.95 Å². The van der Waals surface area contributed by atoms with Crippen LogP contribution in [0.5, 0.6) is 0 Å². The molecule has 2 rings (SSSR count). The third-order valence-electron chi connectivity index (χ3n) is 2.00. The van der Waals surface area contributed by atoms with Gasteiger partial charge in [-0.25, -0.2) is 4.98 Å². The van der Waals surface area contributed by atoms with Crippen LogP contribution in [0.4, 0.5) is 4.39 Å². The Morgan fingerprint density at radius 2 is 2.41 bits per heavy atom. The van der Waals surface area contributed by atoms with Crippen LogP contribution in [-0.4, -0.2) is 15.9 Å². The molecule has 2 aromatic heterocycles. The Bertz CT molecular complexity index is 593. The van der Waals surface area contributed by atoms with Gasteiger partial charge in [0.15, 0.2) is 0 Å². The number of rotatable bonds is 3. The number of aromatic nitrogens is 2. The van der Waals surface area contributed by atoms with Crippen molar-refractivity contribution in [1.29, 1.82) is 0 Å². The minimum Gasteiger partial charge on any atom is -0.346 e. The predicted molar refractivity (Wildman–Crippen MR) is 60.3 cm³/mol. The Balaban J connectivity index is 2.00. The van der Waals surface area contributed by atoms with Crippen molar-refractivity contribution in [3.05, 3.63) is 50.6 Å². The third-order valence-corrected chi connectivity index (χ3v) is 2.72. The summed E-state index contributed by atoms with van der Waals surface area (Å²) >= 11 is 1.02. The highest BCUT2D eigenvalue weighted by Crippen LogP contribution is 2.01. The molecular formula is C10H8FN3O2S. The van der Waals surface area contributed by atoms with Gasteiger partial charge in [-0.1, -0.05) is 11.3 Å². The lowest BCUT2D eigenvalue weighted by atomic mass is 10.2. The summed E-state index contributed by atoms with van der Waals surface area (Å²) in [6.45, 7) is 0.196. The molecule has 7 heteroatoms. The van der Waals surface area contributed by atoms with Gasteiger partial charge in [0.05, 0.1) is 6.54 Å². The van der Waals surface area contributed by atoms with Gasteiger partial charge in [0.2, 0.25) is 5.95 Å². The second kappa shape index (κ2) is 4.88. The zero-order chi connectivity index (χ0) is 12.3. The van der Waals surface area contributed by atoms with E-state index in [4.69, 9.17) is 0 Å². The highest BCUT2D eigenvalue weighted by molar-refractivity contribution is 7.07. The van der Waals surface area contributed by atoms with E-state index in [0.717, 1.165) is 17.4 Å². The lowest BCUT2D eigenvalue weighted by Gasteiger charge is -2.02. The largest absolute Gasteiger partial charge is 0.346 e. The van der Waals surface area contributed by atoms with E-state index < -0.39 is 11.9 Å². The first-order valence-corrected chi connectivity index (χ1v) is 5.59. The number of aromatic amines is 1. The van der Waals surface area contributed by atoms with Gasteiger partial charge in [-0.3, -0.25) is 9.59 Å². The van der Waals surface area contributed by atoms with E-state index in [0.29, 0.717) is 5.69 Å². The van der Waals surface area contributed by atoms with Crippen molar-refractivity contribution in [3.8, 4) is 0 Å². The lowest BCUT2D eigenvalue weighted by Crippen LogP contribution is -2.23. The number of pyridine rings is 1. The number of carbonyl (C=O) groups excluding carboxylic acids is 1. The highest BCUT2D eigenvalue weighted by atomic mass is 32.1. The van der Waals surface area contributed by atoms with Crippen molar-refractivity contribution in [3.63, 3.8) is 0 Å². The molecule has 0 aromatic carbocycles. The SMILES string of the molecule is O=C(NCc1csc(=O)[nH]1)c1ccnc(F)c1. The Kier molecular flexibility index (Phi) is 3.29. The number of amides is 1. The molecule has 0 aliphatic rings.